The largest absolute Gasteiger partial charge is 0.392 e. The number of hydrogen-bond acceptors (Lipinski definition) is 6. The first-order valence-electron chi connectivity index (χ1n) is 4.74. The van der Waals surface area contributed by atoms with Crippen molar-refractivity contribution in [1.82, 2.24) is 20.4 Å². The molecule has 0 saturated heterocycles. The van der Waals surface area contributed by atoms with Gasteiger partial charge in [-0.3, -0.25) is 14.6 Å². The average Bonchev–Trinajstić information content (AvgIpc) is 2.81. The van der Waals surface area contributed by atoms with E-state index in [1.165, 1.54) is 12.3 Å². The van der Waals surface area contributed by atoms with Crippen LogP contribution >= 0.6 is 0 Å². The minimum absolute atomic E-state index is 0.0481. The number of aromatic amines is 2. The summed E-state index contributed by atoms with van der Waals surface area (Å²) in [4.78, 5) is 10.8. The van der Waals surface area contributed by atoms with E-state index < -0.39 is 22.2 Å². The molecular formula is C8H9N5O4S. The molecule has 0 aliphatic carbocycles. The van der Waals surface area contributed by atoms with Crippen LogP contribution in [0.5, 0.6) is 0 Å². The molecule has 10 heteroatoms. The number of nitrogens with zero attached hydrogens (tertiary/aromatic N) is 2. The molecule has 2 rings (SSSR count). The lowest BCUT2D eigenvalue weighted by atomic mass is 10.4. The zero-order valence-corrected chi connectivity index (χ0v) is 9.73. The minimum Gasteiger partial charge on any atom is -0.392 e. The molecule has 0 aliphatic rings. The summed E-state index contributed by atoms with van der Waals surface area (Å²) in [6.45, 7) is -0.466. The molecule has 0 amide bonds. The van der Waals surface area contributed by atoms with E-state index in [4.69, 9.17) is 5.11 Å². The van der Waals surface area contributed by atoms with E-state index in [1.807, 2.05) is 0 Å². The molecule has 0 saturated carbocycles. The molecule has 18 heavy (non-hydrogen) atoms. The van der Waals surface area contributed by atoms with Gasteiger partial charge in [0.15, 0.2) is 10.8 Å². The molecule has 96 valence electrons. The van der Waals surface area contributed by atoms with Gasteiger partial charge in [-0.25, -0.2) is 5.10 Å². The van der Waals surface area contributed by atoms with Gasteiger partial charge in [0.25, 0.3) is 15.6 Å². The lowest BCUT2D eigenvalue weighted by Crippen LogP contribution is -2.18. The summed E-state index contributed by atoms with van der Waals surface area (Å²) < 4.78 is 25.9. The number of sulfonamides is 1. The second-order valence-electron chi connectivity index (χ2n) is 3.29. The summed E-state index contributed by atoms with van der Waals surface area (Å²) in [5.74, 6) is -0.0481. The first kappa shape index (κ1) is 12.3. The third kappa shape index (κ3) is 2.38. The summed E-state index contributed by atoms with van der Waals surface area (Å²) in [5.41, 5.74) is -0.317. The summed E-state index contributed by atoms with van der Waals surface area (Å²) in [7, 11) is -3.94. The standard InChI is InChI=1S/C8H9N5O4S/c14-4-5-3-9-12-8(5)18(16,17)13-6-1-2-7(15)11-10-6/h1-3,14H,4H2,(H,9,12)(H,10,13)(H,11,15). The number of aliphatic hydroxyl groups excluding tert-OH is 1. The number of nitrogens with one attached hydrogen (secondary N) is 3. The van der Waals surface area contributed by atoms with Crippen LogP contribution in [0.2, 0.25) is 0 Å². The fraction of sp³-hybridized carbons (Fsp3) is 0.125. The Morgan fingerprint density at radius 1 is 1.33 bits per heavy atom. The molecule has 0 spiro atoms. The Labute approximate surface area is 101 Å². The fourth-order valence-electron chi connectivity index (χ4n) is 1.23. The predicted octanol–water partition coefficient (Wildman–Crippen LogP) is -1.21. The van der Waals surface area contributed by atoms with Crippen molar-refractivity contribution in [2.24, 2.45) is 0 Å². The maximum Gasteiger partial charge on any atom is 0.280 e. The Kier molecular flexibility index (Phi) is 3.12. The number of aliphatic hydroxyl groups is 1. The van der Waals surface area contributed by atoms with Gasteiger partial charge in [-0.1, -0.05) is 0 Å². The van der Waals surface area contributed by atoms with Crippen molar-refractivity contribution in [3.63, 3.8) is 0 Å². The first-order chi connectivity index (χ1) is 8.53. The molecule has 0 aromatic carbocycles. The number of H-pyrrole nitrogens is 2. The van der Waals surface area contributed by atoms with Gasteiger partial charge >= 0.3 is 0 Å². The maximum absolute atomic E-state index is 11.9. The van der Waals surface area contributed by atoms with Gasteiger partial charge in [0, 0.05) is 11.6 Å². The van der Waals surface area contributed by atoms with Crippen LogP contribution in [0, 0.1) is 0 Å². The van der Waals surface area contributed by atoms with E-state index in [0.29, 0.717) is 0 Å². The molecule has 0 atom stereocenters. The quantitative estimate of drug-likeness (QED) is 0.549. The molecule has 9 nitrogen and oxygen atoms in total. The van der Waals surface area contributed by atoms with Gasteiger partial charge in [-0.2, -0.15) is 18.6 Å². The Bertz CT molecular complexity index is 684. The second-order valence-corrected chi connectivity index (χ2v) is 4.91. The number of anilines is 1. The Morgan fingerprint density at radius 3 is 2.72 bits per heavy atom. The average molecular weight is 271 g/mol. The van der Waals surface area contributed by atoms with Crippen LogP contribution in [0.1, 0.15) is 5.56 Å². The first-order valence-corrected chi connectivity index (χ1v) is 6.23. The zero-order valence-electron chi connectivity index (χ0n) is 8.91. The van der Waals surface area contributed by atoms with Crippen molar-refractivity contribution in [1.29, 1.82) is 0 Å². The summed E-state index contributed by atoms with van der Waals surface area (Å²) in [6.07, 6.45) is 1.20. The van der Waals surface area contributed by atoms with Crippen molar-refractivity contribution in [3.8, 4) is 0 Å². The molecule has 0 bridgehead atoms. The van der Waals surface area contributed by atoms with Gasteiger partial charge in [-0.15, -0.1) is 0 Å². The zero-order chi connectivity index (χ0) is 13.2. The lowest BCUT2D eigenvalue weighted by molar-refractivity contribution is 0.278. The highest BCUT2D eigenvalue weighted by Crippen LogP contribution is 2.14. The number of rotatable bonds is 4. The third-order valence-corrected chi connectivity index (χ3v) is 3.40. The van der Waals surface area contributed by atoms with Crippen molar-refractivity contribution in [2.75, 3.05) is 4.72 Å². The van der Waals surface area contributed by atoms with Crippen LogP contribution in [-0.4, -0.2) is 33.9 Å². The van der Waals surface area contributed by atoms with Gasteiger partial charge in [0.05, 0.1) is 12.8 Å². The second kappa shape index (κ2) is 4.58. The normalized spacial score (nSPS) is 11.4. The van der Waals surface area contributed by atoms with E-state index in [0.717, 1.165) is 6.07 Å². The molecule has 0 fully saturated rings. The molecule has 2 aromatic rings. The lowest BCUT2D eigenvalue weighted by Gasteiger charge is -2.05. The number of aromatic nitrogens is 4. The molecule has 2 heterocycles. The van der Waals surface area contributed by atoms with Gasteiger partial charge in [-0.05, 0) is 6.07 Å². The Morgan fingerprint density at radius 2 is 2.11 bits per heavy atom. The van der Waals surface area contributed by atoms with Crippen LogP contribution in [0.15, 0.2) is 28.2 Å². The smallest absolute Gasteiger partial charge is 0.280 e. The number of hydrogen-bond donors (Lipinski definition) is 4. The van der Waals surface area contributed by atoms with Crippen LogP contribution in [0.3, 0.4) is 0 Å². The van der Waals surface area contributed by atoms with Crippen molar-refractivity contribution >= 4 is 15.8 Å². The molecule has 4 N–H and O–H groups in total. The van der Waals surface area contributed by atoms with Gasteiger partial charge < -0.3 is 5.11 Å². The van der Waals surface area contributed by atoms with Crippen LogP contribution in [-0.2, 0) is 16.6 Å². The maximum atomic E-state index is 11.9. The van der Waals surface area contributed by atoms with E-state index in [9.17, 15) is 13.2 Å². The van der Waals surface area contributed by atoms with Crippen molar-refractivity contribution < 1.29 is 13.5 Å². The highest BCUT2D eigenvalue weighted by molar-refractivity contribution is 7.92. The minimum atomic E-state index is -3.94. The molecule has 2 aromatic heterocycles. The third-order valence-electron chi connectivity index (χ3n) is 2.04. The Balaban J connectivity index is 2.33. The Hall–Kier alpha value is -2.20. The highest BCUT2D eigenvalue weighted by atomic mass is 32.2. The summed E-state index contributed by atoms with van der Waals surface area (Å²) in [5, 5.41) is 20.1. The molecule has 0 radical (unpaired) electrons. The van der Waals surface area contributed by atoms with E-state index >= 15 is 0 Å². The SMILES string of the molecule is O=c1ccc(NS(=O)(=O)c2[nH]ncc2CO)n[nH]1. The van der Waals surface area contributed by atoms with Crippen molar-refractivity contribution in [2.45, 2.75) is 11.6 Å². The van der Waals surface area contributed by atoms with Crippen LogP contribution < -0.4 is 10.3 Å². The van der Waals surface area contributed by atoms with E-state index in [1.54, 1.807) is 0 Å². The summed E-state index contributed by atoms with van der Waals surface area (Å²) in [6, 6.07) is 2.34. The topological polar surface area (TPSA) is 141 Å². The van der Waals surface area contributed by atoms with Gasteiger partial charge in [0.2, 0.25) is 0 Å². The summed E-state index contributed by atoms with van der Waals surface area (Å²) >= 11 is 0. The molecular weight excluding hydrogens is 262 g/mol. The van der Waals surface area contributed by atoms with Crippen molar-refractivity contribution in [3.05, 3.63) is 34.2 Å². The highest BCUT2D eigenvalue weighted by Gasteiger charge is 2.21. The monoisotopic (exact) mass is 271 g/mol. The van der Waals surface area contributed by atoms with Crippen LogP contribution in [0.4, 0.5) is 5.82 Å². The van der Waals surface area contributed by atoms with Crippen LogP contribution in [0.25, 0.3) is 0 Å². The molecule has 0 aliphatic heterocycles. The predicted molar refractivity (Wildman–Crippen MR) is 60.2 cm³/mol. The molecule has 0 unspecified atom stereocenters. The van der Waals surface area contributed by atoms with Gasteiger partial charge in [0.1, 0.15) is 0 Å². The van der Waals surface area contributed by atoms with E-state index in [-0.39, 0.29) is 16.4 Å². The van der Waals surface area contributed by atoms with E-state index in [2.05, 4.69) is 25.1 Å². The fourth-order valence-corrected chi connectivity index (χ4v) is 2.36.